The first-order valence-electron chi connectivity index (χ1n) is 6.79. The molecule has 2 heteroatoms. The van der Waals surface area contributed by atoms with Gasteiger partial charge in [-0.15, -0.1) is 0 Å². The Kier molecular flexibility index (Phi) is 4.72. The molecule has 0 radical (unpaired) electrons. The van der Waals surface area contributed by atoms with Crippen molar-refractivity contribution < 1.29 is 4.74 Å². The predicted molar refractivity (Wildman–Crippen MR) is 72.9 cm³/mol. The molecule has 1 aliphatic rings. The van der Waals surface area contributed by atoms with Gasteiger partial charge in [0.15, 0.2) is 0 Å². The molecule has 1 aromatic rings. The highest BCUT2D eigenvalue weighted by Gasteiger charge is 2.08. The number of ether oxygens (including phenoxy) is 1. The monoisotopic (exact) mass is 233 g/mol. The molecular weight excluding hydrogens is 210 g/mol. The highest BCUT2D eigenvalue weighted by Crippen LogP contribution is 2.21. The van der Waals surface area contributed by atoms with Gasteiger partial charge in [0, 0.05) is 18.8 Å². The van der Waals surface area contributed by atoms with Crippen molar-refractivity contribution in [1.29, 1.82) is 0 Å². The molecule has 0 N–H and O–H groups in total. The molecular formula is C15H23NO. The minimum atomic E-state index is 0.943. The molecule has 0 amide bonds. The van der Waals surface area contributed by atoms with Crippen LogP contribution in [0.2, 0.25) is 0 Å². The van der Waals surface area contributed by atoms with Crippen molar-refractivity contribution in [3.05, 3.63) is 24.3 Å². The summed E-state index contributed by atoms with van der Waals surface area (Å²) < 4.78 is 5.20. The number of hydrogen-bond acceptors (Lipinski definition) is 2. The number of hydrogen-bond donors (Lipinski definition) is 0. The smallest absolute Gasteiger partial charge is 0.119 e. The fourth-order valence-electron chi connectivity index (χ4n) is 2.48. The van der Waals surface area contributed by atoms with Crippen LogP contribution in [0.15, 0.2) is 24.3 Å². The second-order valence-corrected chi connectivity index (χ2v) is 4.81. The zero-order valence-corrected chi connectivity index (χ0v) is 10.8. The first-order valence-corrected chi connectivity index (χ1v) is 6.79. The summed E-state index contributed by atoms with van der Waals surface area (Å²) in [5.74, 6) is 0.943. The van der Waals surface area contributed by atoms with Crippen LogP contribution in [0.25, 0.3) is 0 Å². The molecule has 1 fully saturated rings. The molecule has 1 saturated heterocycles. The maximum Gasteiger partial charge on any atom is 0.119 e. The van der Waals surface area contributed by atoms with E-state index in [0.29, 0.717) is 0 Å². The minimum Gasteiger partial charge on any atom is -0.497 e. The Morgan fingerprint density at radius 1 is 0.824 bits per heavy atom. The number of methoxy groups -OCH3 is 1. The maximum atomic E-state index is 5.20. The van der Waals surface area contributed by atoms with E-state index in [0.717, 1.165) is 5.75 Å². The van der Waals surface area contributed by atoms with Crippen molar-refractivity contribution in [3.8, 4) is 5.75 Å². The fourth-order valence-corrected chi connectivity index (χ4v) is 2.48. The van der Waals surface area contributed by atoms with Crippen LogP contribution in [-0.4, -0.2) is 20.2 Å². The van der Waals surface area contributed by atoms with E-state index >= 15 is 0 Å². The third-order valence-corrected chi connectivity index (χ3v) is 3.54. The normalized spacial score (nSPS) is 18.1. The summed E-state index contributed by atoms with van der Waals surface area (Å²) in [6.45, 7) is 2.40. The van der Waals surface area contributed by atoms with Gasteiger partial charge < -0.3 is 9.64 Å². The first-order chi connectivity index (χ1) is 8.40. The van der Waals surface area contributed by atoms with Gasteiger partial charge in [-0.3, -0.25) is 0 Å². The highest BCUT2D eigenvalue weighted by molar-refractivity contribution is 5.49. The summed E-state index contributed by atoms with van der Waals surface area (Å²) in [7, 11) is 1.72. The van der Waals surface area contributed by atoms with Crippen molar-refractivity contribution in [1.82, 2.24) is 0 Å². The van der Waals surface area contributed by atoms with Gasteiger partial charge >= 0.3 is 0 Å². The van der Waals surface area contributed by atoms with Gasteiger partial charge in [0.05, 0.1) is 7.11 Å². The number of benzene rings is 1. The van der Waals surface area contributed by atoms with Gasteiger partial charge in [-0.2, -0.15) is 0 Å². The zero-order chi connectivity index (χ0) is 11.9. The van der Waals surface area contributed by atoms with Gasteiger partial charge in [0.25, 0.3) is 0 Å². The second kappa shape index (κ2) is 6.53. The van der Waals surface area contributed by atoms with Gasteiger partial charge in [-0.25, -0.2) is 0 Å². The molecule has 2 rings (SSSR count). The predicted octanol–water partition coefficient (Wildman–Crippen LogP) is 3.86. The third kappa shape index (κ3) is 3.65. The molecule has 1 aromatic carbocycles. The molecule has 0 atom stereocenters. The molecule has 0 spiro atoms. The van der Waals surface area contributed by atoms with Crippen molar-refractivity contribution >= 4 is 5.69 Å². The van der Waals surface area contributed by atoms with Crippen LogP contribution in [0.3, 0.4) is 0 Å². The molecule has 0 unspecified atom stereocenters. The summed E-state index contributed by atoms with van der Waals surface area (Å²) >= 11 is 0. The lowest BCUT2D eigenvalue weighted by Gasteiger charge is -2.24. The summed E-state index contributed by atoms with van der Waals surface area (Å²) in [5, 5.41) is 0. The maximum absolute atomic E-state index is 5.20. The summed E-state index contributed by atoms with van der Waals surface area (Å²) in [5.41, 5.74) is 1.34. The standard InChI is InChI=1S/C15H23NO/c1-17-15-10-8-14(9-11-15)16-12-6-4-2-3-5-7-13-16/h8-11H,2-7,12-13H2,1H3. The fraction of sp³-hybridized carbons (Fsp3) is 0.600. The molecule has 1 aliphatic heterocycles. The molecule has 94 valence electrons. The second-order valence-electron chi connectivity index (χ2n) is 4.81. The van der Waals surface area contributed by atoms with E-state index < -0.39 is 0 Å². The van der Waals surface area contributed by atoms with Crippen LogP contribution < -0.4 is 9.64 Å². The summed E-state index contributed by atoms with van der Waals surface area (Å²) in [6.07, 6.45) is 8.24. The van der Waals surface area contributed by atoms with Gasteiger partial charge in [0.2, 0.25) is 0 Å². The van der Waals surface area contributed by atoms with Crippen molar-refractivity contribution in [3.63, 3.8) is 0 Å². The van der Waals surface area contributed by atoms with E-state index in [1.165, 1.54) is 57.3 Å². The number of rotatable bonds is 2. The lowest BCUT2D eigenvalue weighted by molar-refractivity contribution is 0.415. The Morgan fingerprint density at radius 3 is 1.88 bits per heavy atom. The highest BCUT2D eigenvalue weighted by atomic mass is 16.5. The summed E-state index contributed by atoms with van der Waals surface area (Å²) in [4.78, 5) is 2.52. The Hall–Kier alpha value is -1.18. The van der Waals surface area contributed by atoms with Gasteiger partial charge in [-0.05, 0) is 37.1 Å². The SMILES string of the molecule is COc1ccc(N2CCCCCCCC2)cc1. The van der Waals surface area contributed by atoms with Crippen LogP contribution in [0, 0.1) is 0 Å². The average Bonchev–Trinajstić information content (AvgIpc) is 2.52. The van der Waals surface area contributed by atoms with Crippen LogP contribution in [0.1, 0.15) is 38.5 Å². The Morgan fingerprint density at radius 2 is 1.35 bits per heavy atom. The Labute approximate surface area is 105 Å². The average molecular weight is 233 g/mol. The largest absolute Gasteiger partial charge is 0.497 e. The van der Waals surface area contributed by atoms with Crippen LogP contribution in [-0.2, 0) is 0 Å². The lowest BCUT2D eigenvalue weighted by atomic mass is 10.1. The van der Waals surface area contributed by atoms with Crippen molar-refractivity contribution in [2.24, 2.45) is 0 Å². The Bertz CT molecular complexity index is 310. The van der Waals surface area contributed by atoms with E-state index in [2.05, 4.69) is 29.2 Å². The van der Waals surface area contributed by atoms with Gasteiger partial charge in [0.1, 0.15) is 5.75 Å². The lowest BCUT2D eigenvalue weighted by Crippen LogP contribution is -2.25. The third-order valence-electron chi connectivity index (χ3n) is 3.54. The minimum absolute atomic E-state index is 0.943. The molecule has 17 heavy (non-hydrogen) atoms. The van der Waals surface area contributed by atoms with Crippen molar-refractivity contribution in [2.75, 3.05) is 25.1 Å². The van der Waals surface area contributed by atoms with Crippen LogP contribution in [0.5, 0.6) is 5.75 Å². The van der Waals surface area contributed by atoms with Crippen LogP contribution >= 0.6 is 0 Å². The quantitative estimate of drug-likeness (QED) is 0.769. The molecule has 1 heterocycles. The van der Waals surface area contributed by atoms with E-state index in [-0.39, 0.29) is 0 Å². The number of nitrogens with zero attached hydrogens (tertiary/aromatic N) is 1. The van der Waals surface area contributed by atoms with Crippen LogP contribution in [0.4, 0.5) is 5.69 Å². The van der Waals surface area contributed by atoms with E-state index in [4.69, 9.17) is 4.74 Å². The summed E-state index contributed by atoms with van der Waals surface area (Å²) in [6, 6.07) is 8.47. The number of anilines is 1. The Balaban J connectivity index is 2.01. The van der Waals surface area contributed by atoms with Gasteiger partial charge in [-0.1, -0.05) is 25.7 Å². The molecule has 0 saturated carbocycles. The topological polar surface area (TPSA) is 12.5 Å². The molecule has 2 nitrogen and oxygen atoms in total. The molecule has 0 aliphatic carbocycles. The van der Waals surface area contributed by atoms with E-state index in [1.54, 1.807) is 7.11 Å². The molecule has 0 bridgehead atoms. The van der Waals surface area contributed by atoms with E-state index in [1.807, 2.05) is 0 Å². The molecule has 0 aromatic heterocycles. The zero-order valence-electron chi connectivity index (χ0n) is 10.8. The van der Waals surface area contributed by atoms with Crippen molar-refractivity contribution in [2.45, 2.75) is 38.5 Å². The van der Waals surface area contributed by atoms with E-state index in [9.17, 15) is 0 Å². The first kappa shape index (κ1) is 12.3.